The van der Waals surface area contributed by atoms with Crippen LogP contribution in [0.5, 0.6) is 5.75 Å². The first-order valence-electron chi connectivity index (χ1n) is 11.5. The van der Waals surface area contributed by atoms with Crippen LogP contribution in [-0.2, 0) is 14.8 Å². The van der Waals surface area contributed by atoms with Gasteiger partial charge >= 0.3 is 12.3 Å². The van der Waals surface area contributed by atoms with Crippen molar-refractivity contribution in [1.29, 1.82) is 0 Å². The number of furan rings is 1. The number of halogens is 4. The minimum Gasteiger partial charge on any atom is -0.489 e. The molecule has 40 heavy (non-hydrogen) atoms. The quantitative estimate of drug-likeness (QED) is 0.405. The van der Waals surface area contributed by atoms with Crippen molar-refractivity contribution in [2.75, 3.05) is 29.8 Å². The summed E-state index contributed by atoms with van der Waals surface area (Å²) in [5.74, 6) is -0.267. The Hall–Kier alpha value is -4.27. The van der Waals surface area contributed by atoms with Crippen LogP contribution in [0.15, 0.2) is 70.2 Å². The molecule has 0 fully saturated rings. The van der Waals surface area contributed by atoms with Crippen molar-refractivity contribution in [2.24, 2.45) is 0 Å². The van der Waals surface area contributed by atoms with Crippen LogP contribution >= 0.6 is 0 Å². The van der Waals surface area contributed by atoms with Gasteiger partial charge in [0, 0.05) is 12.7 Å². The van der Waals surface area contributed by atoms with Crippen molar-refractivity contribution in [1.82, 2.24) is 5.32 Å². The number of nitrogens with zero attached hydrogens (tertiary/aromatic N) is 1. The number of ether oxygens (including phenoxy) is 2. The maximum Gasteiger partial charge on any atom is 0.427 e. The molecule has 0 saturated carbocycles. The first-order chi connectivity index (χ1) is 18.7. The number of hydrogen-bond acceptors (Lipinski definition) is 7. The Kier molecular flexibility index (Phi) is 8.97. The summed E-state index contributed by atoms with van der Waals surface area (Å²) in [6, 6.07) is 11.4. The molecule has 4 rings (SSSR count). The van der Waals surface area contributed by atoms with Gasteiger partial charge in [0.1, 0.15) is 18.2 Å². The summed E-state index contributed by atoms with van der Waals surface area (Å²) in [5.41, 5.74) is -2.68. The Morgan fingerprint density at radius 1 is 1.05 bits per heavy atom. The highest BCUT2D eigenvalue weighted by Crippen LogP contribution is 2.38. The first kappa shape index (κ1) is 30.3. The van der Waals surface area contributed by atoms with Crippen LogP contribution in [0.1, 0.15) is 24.4 Å². The minimum atomic E-state index is -4.78. The van der Waals surface area contributed by atoms with Crippen molar-refractivity contribution in [3.05, 3.63) is 72.4 Å². The van der Waals surface area contributed by atoms with E-state index in [1.54, 1.807) is 19.2 Å². The molecule has 2 amide bonds. The van der Waals surface area contributed by atoms with E-state index >= 15 is 0 Å². The topological polar surface area (TPSA) is 127 Å². The highest BCUT2D eigenvalue weighted by atomic mass is 32.2. The second-order valence-corrected chi connectivity index (χ2v) is 10.5. The Labute approximate surface area is 226 Å². The SMILES string of the molecule is CC(C)(OC(=O)Nc1ccc2c(c1)N(S(=O)(=O)c1ccc(F)cc1)CCO2)C(F)(F)F.CNC(=O)c1ccco1. The normalized spacial score (nSPS) is 13.2. The van der Waals surface area contributed by atoms with Gasteiger partial charge in [0.05, 0.1) is 23.4 Å². The fourth-order valence-electron chi connectivity index (χ4n) is 3.22. The van der Waals surface area contributed by atoms with E-state index < -0.39 is 33.7 Å². The number of carbonyl (C=O) groups is 2. The zero-order valence-electron chi connectivity index (χ0n) is 21.4. The number of alkyl halides is 3. The second-order valence-electron chi connectivity index (χ2n) is 8.64. The van der Waals surface area contributed by atoms with Crippen molar-refractivity contribution in [3.63, 3.8) is 0 Å². The van der Waals surface area contributed by atoms with Gasteiger partial charge in [0.15, 0.2) is 5.76 Å². The molecule has 2 heterocycles. The molecule has 15 heteroatoms. The van der Waals surface area contributed by atoms with Gasteiger partial charge in [-0.1, -0.05) is 0 Å². The number of nitrogens with one attached hydrogen (secondary N) is 2. The van der Waals surface area contributed by atoms with E-state index in [9.17, 15) is 35.6 Å². The van der Waals surface area contributed by atoms with Crippen molar-refractivity contribution >= 4 is 33.4 Å². The summed E-state index contributed by atoms with van der Waals surface area (Å²) >= 11 is 0. The molecule has 2 N–H and O–H groups in total. The van der Waals surface area contributed by atoms with Gasteiger partial charge < -0.3 is 19.2 Å². The van der Waals surface area contributed by atoms with E-state index in [0.29, 0.717) is 19.6 Å². The fraction of sp³-hybridized carbons (Fsp3) is 0.280. The van der Waals surface area contributed by atoms with E-state index in [4.69, 9.17) is 9.15 Å². The standard InChI is InChI=1S/C19H18F4N2O5S.C6H7NO2/c1-18(2,19(21,22)23)30-17(26)24-13-5-8-16-15(11-13)25(9-10-29-16)31(27,28)14-6-3-12(20)4-7-14;1-7-6(8)5-3-2-4-9-5/h3-8,11H,9-10H2,1-2H3,(H,24,26);2-4H,1H3,(H,7,8). The largest absolute Gasteiger partial charge is 0.489 e. The van der Waals surface area contributed by atoms with E-state index in [1.165, 1.54) is 24.5 Å². The number of rotatable bonds is 5. The van der Waals surface area contributed by atoms with Gasteiger partial charge in [-0.25, -0.2) is 17.6 Å². The molecule has 0 unspecified atom stereocenters. The monoisotopic (exact) mass is 587 g/mol. The van der Waals surface area contributed by atoms with Crippen LogP contribution in [0.4, 0.5) is 33.7 Å². The maximum absolute atomic E-state index is 13.2. The van der Waals surface area contributed by atoms with Crippen LogP contribution in [0, 0.1) is 5.82 Å². The third-order valence-electron chi connectivity index (χ3n) is 5.43. The summed E-state index contributed by atoms with van der Waals surface area (Å²) in [7, 11) is -2.53. The lowest BCUT2D eigenvalue weighted by atomic mass is 10.1. The average molecular weight is 588 g/mol. The number of carbonyl (C=O) groups excluding carboxylic acids is 2. The third-order valence-corrected chi connectivity index (χ3v) is 7.26. The molecule has 1 aliphatic heterocycles. The molecule has 216 valence electrons. The third kappa shape index (κ3) is 7.02. The lowest BCUT2D eigenvalue weighted by molar-refractivity contribution is -0.242. The highest BCUT2D eigenvalue weighted by molar-refractivity contribution is 7.92. The molecule has 0 saturated heterocycles. The van der Waals surface area contributed by atoms with Gasteiger partial charge in [-0.15, -0.1) is 0 Å². The van der Waals surface area contributed by atoms with Crippen LogP contribution in [-0.4, -0.2) is 52.4 Å². The summed E-state index contributed by atoms with van der Waals surface area (Å²) in [4.78, 5) is 22.5. The average Bonchev–Trinajstić information content (AvgIpc) is 3.42. The molecule has 0 aliphatic carbocycles. The molecule has 1 aliphatic rings. The number of amides is 2. The predicted molar refractivity (Wildman–Crippen MR) is 135 cm³/mol. The Bertz CT molecular complexity index is 1440. The molecular formula is C25H25F4N3O7S. The van der Waals surface area contributed by atoms with Gasteiger partial charge in [-0.05, 0) is 68.4 Å². The summed E-state index contributed by atoms with van der Waals surface area (Å²) in [6.07, 6.45) is -4.69. The van der Waals surface area contributed by atoms with Crippen LogP contribution < -0.4 is 19.7 Å². The van der Waals surface area contributed by atoms with E-state index in [0.717, 1.165) is 28.6 Å². The second kappa shape index (κ2) is 11.9. The number of fused-ring (bicyclic) bond motifs is 1. The Balaban J connectivity index is 0.000000415. The van der Waals surface area contributed by atoms with Crippen molar-refractivity contribution in [3.8, 4) is 5.75 Å². The van der Waals surface area contributed by atoms with Crippen molar-refractivity contribution < 1.29 is 49.5 Å². The van der Waals surface area contributed by atoms with Gasteiger partial charge in [-0.3, -0.25) is 14.4 Å². The molecule has 10 nitrogen and oxygen atoms in total. The molecular weight excluding hydrogens is 562 g/mol. The number of hydrogen-bond donors (Lipinski definition) is 2. The smallest absolute Gasteiger partial charge is 0.427 e. The summed E-state index contributed by atoms with van der Waals surface area (Å²) < 4.78 is 93.6. The molecule has 1 aromatic heterocycles. The predicted octanol–water partition coefficient (Wildman–Crippen LogP) is 4.94. The minimum absolute atomic E-state index is 0.00784. The van der Waals surface area contributed by atoms with E-state index in [1.807, 2.05) is 0 Å². The van der Waals surface area contributed by atoms with Gasteiger partial charge in [-0.2, -0.15) is 13.2 Å². The first-order valence-corrected chi connectivity index (χ1v) is 13.0. The lowest BCUT2D eigenvalue weighted by Crippen LogP contribution is -2.44. The van der Waals surface area contributed by atoms with Crippen LogP contribution in [0.2, 0.25) is 0 Å². The van der Waals surface area contributed by atoms with Gasteiger partial charge in [0.25, 0.3) is 15.9 Å². The fourth-order valence-corrected chi connectivity index (χ4v) is 4.67. The zero-order valence-corrected chi connectivity index (χ0v) is 22.2. The van der Waals surface area contributed by atoms with Crippen LogP contribution in [0.25, 0.3) is 0 Å². The van der Waals surface area contributed by atoms with Crippen LogP contribution in [0.3, 0.4) is 0 Å². The number of sulfonamides is 1. The molecule has 3 aromatic rings. The zero-order chi connectivity index (χ0) is 29.7. The highest BCUT2D eigenvalue weighted by Gasteiger charge is 2.51. The number of benzene rings is 2. The Morgan fingerprint density at radius 3 is 2.30 bits per heavy atom. The number of anilines is 2. The molecule has 0 spiro atoms. The van der Waals surface area contributed by atoms with E-state index in [-0.39, 0.29) is 41.1 Å². The summed E-state index contributed by atoms with van der Waals surface area (Å²) in [5, 5.41) is 4.59. The molecule has 2 aromatic carbocycles. The molecule has 0 radical (unpaired) electrons. The molecule has 0 atom stereocenters. The van der Waals surface area contributed by atoms with Crippen molar-refractivity contribution in [2.45, 2.75) is 30.5 Å². The Morgan fingerprint density at radius 2 is 1.73 bits per heavy atom. The summed E-state index contributed by atoms with van der Waals surface area (Å²) in [6.45, 7) is 1.37. The van der Waals surface area contributed by atoms with E-state index in [2.05, 4.69) is 15.4 Å². The van der Waals surface area contributed by atoms with Gasteiger partial charge in [0.2, 0.25) is 5.60 Å². The lowest BCUT2D eigenvalue weighted by Gasteiger charge is -2.31. The molecule has 0 bridgehead atoms. The maximum atomic E-state index is 13.2.